The van der Waals surface area contributed by atoms with E-state index in [-0.39, 0.29) is 22.9 Å². The Balaban J connectivity index is 2.37. The fourth-order valence-electron chi connectivity index (χ4n) is 1.80. The number of carbonyl (C=O) groups is 1. The smallest absolute Gasteiger partial charge is 0.165 e. The van der Waals surface area contributed by atoms with Crippen molar-refractivity contribution in [3.63, 3.8) is 0 Å². The number of hydrogen-bond donors (Lipinski definition) is 0. The van der Waals surface area contributed by atoms with Crippen LogP contribution in [0.5, 0.6) is 0 Å². The molecule has 2 atom stereocenters. The molecule has 2 unspecified atom stereocenters. The van der Waals surface area contributed by atoms with Crippen LogP contribution in [0.15, 0.2) is 0 Å². The second kappa shape index (κ2) is 1.30. The predicted octanol–water partition coefficient (Wildman–Crippen LogP) is 1.14. The highest BCUT2D eigenvalue weighted by molar-refractivity contribution is 5.91. The van der Waals surface area contributed by atoms with Crippen molar-refractivity contribution in [1.29, 1.82) is 0 Å². The molecule has 2 nitrogen and oxygen atoms in total. The third-order valence-corrected chi connectivity index (χ3v) is 3.06. The van der Waals surface area contributed by atoms with Gasteiger partial charge in [0.2, 0.25) is 0 Å². The SMILES string of the molecule is CC1(C)CC(=O)C2OC21C. The summed E-state index contributed by atoms with van der Waals surface area (Å²) >= 11 is 0. The van der Waals surface area contributed by atoms with Gasteiger partial charge in [-0.25, -0.2) is 0 Å². The highest BCUT2D eigenvalue weighted by Gasteiger charge is 2.70. The first kappa shape index (κ1) is 6.35. The van der Waals surface area contributed by atoms with E-state index < -0.39 is 0 Å². The maximum Gasteiger partial charge on any atom is 0.165 e. The van der Waals surface area contributed by atoms with Crippen molar-refractivity contribution in [2.75, 3.05) is 0 Å². The van der Waals surface area contributed by atoms with E-state index >= 15 is 0 Å². The number of carbonyl (C=O) groups excluding carboxylic acids is 1. The fourth-order valence-corrected chi connectivity index (χ4v) is 1.80. The van der Waals surface area contributed by atoms with Gasteiger partial charge in [-0.1, -0.05) is 13.8 Å². The monoisotopic (exact) mass is 140 g/mol. The van der Waals surface area contributed by atoms with Crippen LogP contribution in [0.3, 0.4) is 0 Å². The van der Waals surface area contributed by atoms with Gasteiger partial charge in [-0.3, -0.25) is 4.79 Å². The van der Waals surface area contributed by atoms with E-state index in [2.05, 4.69) is 13.8 Å². The number of ketones is 1. The van der Waals surface area contributed by atoms with E-state index in [1.54, 1.807) is 0 Å². The fraction of sp³-hybridized carbons (Fsp3) is 0.875. The molecule has 1 aliphatic heterocycles. The molecule has 0 radical (unpaired) electrons. The lowest BCUT2D eigenvalue weighted by molar-refractivity contribution is -0.121. The van der Waals surface area contributed by atoms with Crippen LogP contribution >= 0.6 is 0 Å². The van der Waals surface area contributed by atoms with Crippen LogP contribution in [-0.2, 0) is 9.53 Å². The van der Waals surface area contributed by atoms with Crippen molar-refractivity contribution in [1.82, 2.24) is 0 Å². The molecule has 0 aromatic heterocycles. The summed E-state index contributed by atoms with van der Waals surface area (Å²) in [7, 11) is 0. The highest BCUT2D eigenvalue weighted by Crippen LogP contribution is 2.58. The molecule has 0 N–H and O–H groups in total. The second-order valence-corrected chi connectivity index (χ2v) is 4.13. The maximum absolute atomic E-state index is 11.1. The van der Waals surface area contributed by atoms with Crippen LogP contribution in [0.4, 0.5) is 0 Å². The molecular weight excluding hydrogens is 128 g/mol. The molecule has 1 saturated carbocycles. The molecular formula is C8H12O2. The molecule has 2 heteroatoms. The van der Waals surface area contributed by atoms with Gasteiger partial charge in [0.1, 0.15) is 11.7 Å². The Kier molecular flexibility index (Phi) is 0.828. The molecule has 2 aliphatic rings. The molecule has 0 spiro atoms. The molecule has 0 amide bonds. The largest absolute Gasteiger partial charge is 0.357 e. The third-order valence-electron chi connectivity index (χ3n) is 3.06. The summed E-state index contributed by atoms with van der Waals surface area (Å²) in [4.78, 5) is 11.1. The van der Waals surface area contributed by atoms with Gasteiger partial charge in [0, 0.05) is 11.8 Å². The number of Topliss-reactive ketones (excluding diaryl/α,β-unsaturated/α-hetero) is 1. The van der Waals surface area contributed by atoms with Crippen molar-refractivity contribution in [2.45, 2.75) is 38.9 Å². The van der Waals surface area contributed by atoms with Gasteiger partial charge in [0.05, 0.1) is 0 Å². The van der Waals surface area contributed by atoms with E-state index in [0.29, 0.717) is 6.42 Å². The Morgan fingerprint density at radius 1 is 1.50 bits per heavy atom. The van der Waals surface area contributed by atoms with Crippen molar-refractivity contribution in [2.24, 2.45) is 5.41 Å². The van der Waals surface area contributed by atoms with E-state index in [9.17, 15) is 4.79 Å². The van der Waals surface area contributed by atoms with Gasteiger partial charge >= 0.3 is 0 Å². The lowest BCUT2D eigenvalue weighted by Gasteiger charge is -2.23. The molecule has 1 saturated heterocycles. The van der Waals surface area contributed by atoms with E-state index in [1.165, 1.54) is 0 Å². The van der Waals surface area contributed by atoms with Crippen LogP contribution in [-0.4, -0.2) is 17.5 Å². The van der Waals surface area contributed by atoms with E-state index in [4.69, 9.17) is 4.74 Å². The van der Waals surface area contributed by atoms with E-state index in [1.807, 2.05) is 6.92 Å². The number of hydrogen-bond acceptors (Lipinski definition) is 2. The summed E-state index contributed by atoms with van der Waals surface area (Å²) in [6, 6.07) is 0. The number of epoxide rings is 1. The minimum absolute atomic E-state index is 0.0642. The van der Waals surface area contributed by atoms with Crippen LogP contribution in [0, 0.1) is 5.41 Å². The zero-order valence-corrected chi connectivity index (χ0v) is 6.60. The quantitative estimate of drug-likeness (QED) is 0.472. The first-order chi connectivity index (χ1) is 4.47. The zero-order chi connectivity index (χ0) is 7.57. The van der Waals surface area contributed by atoms with Gasteiger partial charge < -0.3 is 4.74 Å². The summed E-state index contributed by atoms with van der Waals surface area (Å²) < 4.78 is 5.32. The molecule has 0 aromatic carbocycles. The van der Waals surface area contributed by atoms with Crippen LogP contribution in [0.25, 0.3) is 0 Å². The standard InChI is InChI=1S/C8H12O2/c1-7(2)4-5(9)6-8(7,3)10-6/h6H,4H2,1-3H3. The summed E-state index contributed by atoms with van der Waals surface area (Å²) in [6.45, 7) is 6.22. The molecule has 1 heterocycles. The lowest BCUT2D eigenvalue weighted by atomic mass is 9.82. The number of rotatable bonds is 0. The third kappa shape index (κ3) is 0.473. The van der Waals surface area contributed by atoms with Crippen LogP contribution in [0.1, 0.15) is 27.2 Å². The normalized spacial score (nSPS) is 49.1. The first-order valence-corrected chi connectivity index (χ1v) is 3.68. The van der Waals surface area contributed by atoms with Crippen LogP contribution in [0.2, 0.25) is 0 Å². The van der Waals surface area contributed by atoms with E-state index in [0.717, 1.165) is 0 Å². The van der Waals surface area contributed by atoms with Crippen LogP contribution < -0.4 is 0 Å². The predicted molar refractivity (Wildman–Crippen MR) is 36.7 cm³/mol. The molecule has 0 aromatic rings. The molecule has 10 heavy (non-hydrogen) atoms. The molecule has 56 valence electrons. The average molecular weight is 140 g/mol. The number of fused-ring (bicyclic) bond motifs is 1. The Labute approximate surface area is 60.6 Å². The molecule has 2 rings (SSSR count). The van der Waals surface area contributed by atoms with Gasteiger partial charge in [0.25, 0.3) is 0 Å². The molecule has 0 bridgehead atoms. The summed E-state index contributed by atoms with van der Waals surface area (Å²) in [5.74, 6) is 0.285. The van der Waals surface area contributed by atoms with Gasteiger partial charge in [-0.05, 0) is 6.92 Å². The van der Waals surface area contributed by atoms with Crippen molar-refractivity contribution in [3.05, 3.63) is 0 Å². The maximum atomic E-state index is 11.1. The lowest BCUT2D eigenvalue weighted by Crippen LogP contribution is -2.26. The zero-order valence-electron chi connectivity index (χ0n) is 6.60. The minimum Gasteiger partial charge on any atom is -0.357 e. The average Bonchev–Trinajstić information content (AvgIpc) is 2.37. The summed E-state index contributed by atoms with van der Waals surface area (Å²) in [6.07, 6.45) is 0.622. The topological polar surface area (TPSA) is 29.6 Å². The Bertz CT molecular complexity index is 205. The van der Waals surface area contributed by atoms with Crippen molar-refractivity contribution in [3.8, 4) is 0 Å². The first-order valence-electron chi connectivity index (χ1n) is 3.68. The summed E-state index contributed by atoms with van der Waals surface area (Å²) in [5.41, 5.74) is -0.0567. The Morgan fingerprint density at radius 2 is 2.10 bits per heavy atom. The summed E-state index contributed by atoms with van der Waals surface area (Å²) in [5, 5.41) is 0. The minimum atomic E-state index is -0.121. The van der Waals surface area contributed by atoms with Gasteiger partial charge in [-0.15, -0.1) is 0 Å². The Hall–Kier alpha value is -0.370. The number of ether oxygens (including phenoxy) is 1. The van der Waals surface area contributed by atoms with Crippen molar-refractivity contribution < 1.29 is 9.53 Å². The van der Waals surface area contributed by atoms with Gasteiger partial charge in [0.15, 0.2) is 5.78 Å². The molecule has 2 fully saturated rings. The highest BCUT2D eigenvalue weighted by atomic mass is 16.6. The van der Waals surface area contributed by atoms with Crippen molar-refractivity contribution >= 4 is 5.78 Å². The second-order valence-electron chi connectivity index (χ2n) is 4.13. The Morgan fingerprint density at radius 3 is 2.20 bits per heavy atom. The van der Waals surface area contributed by atoms with Gasteiger partial charge in [-0.2, -0.15) is 0 Å². The molecule has 1 aliphatic carbocycles.